The predicted octanol–water partition coefficient (Wildman–Crippen LogP) is 2.02. The van der Waals surface area contributed by atoms with Gasteiger partial charge >= 0.3 is 6.09 Å². The number of amides is 1. The zero-order valence-electron chi connectivity index (χ0n) is 15.3. The fraction of sp³-hybridized carbons (Fsp3) is 0.444. The van der Waals surface area contributed by atoms with Gasteiger partial charge in [0, 0.05) is 32.4 Å². The van der Waals surface area contributed by atoms with Crippen LogP contribution >= 0.6 is 0 Å². The molecule has 3 heterocycles. The van der Waals surface area contributed by atoms with Crippen LogP contribution in [-0.4, -0.2) is 63.4 Å². The number of carbonyl (C=O) groups is 2. The van der Waals surface area contributed by atoms with Crippen LogP contribution in [0, 0.1) is 0 Å². The molecule has 1 aliphatic heterocycles. The summed E-state index contributed by atoms with van der Waals surface area (Å²) in [6.45, 7) is 7.94. The summed E-state index contributed by atoms with van der Waals surface area (Å²) >= 11 is 0. The molecule has 0 N–H and O–H groups in total. The zero-order chi connectivity index (χ0) is 18.7. The Kier molecular flexibility index (Phi) is 4.92. The third-order valence-corrected chi connectivity index (χ3v) is 3.95. The minimum atomic E-state index is -0.616. The summed E-state index contributed by atoms with van der Waals surface area (Å²) in [4.78, 5) is 32.9. The summed E-state index contributed by atoms with van der Waals surface area (Å²) in [5, 5.41) is 3.95. The molecule has 8 heteroatoms. The first-order valence-electron chi connectivity index (χ1n) is 8.57. The molecule has 0 spiro atoms. The molecule has 1 fully saturated rings. The number of hydrogen-bond donors (Lipinski definition) is 0. The first kappa shape index (κ1) is 17.9. The van der Waals surface area contributed by atoms with Gasteiger partial charge < -0.3 is 14.5 Å². The van der Waals surface area contributed by atoms with Gasteiger partial charge in [0.05, 0.1) is 18.0 Å². The van der Waals surface area contributed by atoms with Gasteiger partial charge in [-0.25, -0.2) is 9.78 Å². The van der Waals surface area contributed by atoms with Gasteiger partial charge in [-0.15, -0.1) is 0 Å². The monoisotopic (exact) mass is 357 g/mol. The van der Waals surface area contributed by atoms with Crippen molar-refractivity contribution in [3.63, 3.8) is 0 Å². The van der Waals surface area contributed by atoms with Gasteiger partial charge in [-0.05, 0) is 32.9 Å². The van der Waals surface area contributed by atoms with Gasteiger partial charge in [-0.2, -0.15) is 9.78 Å². The molecule has 138 valence electrons. The van der Waals surface area contributed by atoms with E-state index in [1.807, 2.05) is 18.2 Å². The summed E-state index contributed by atoms with van der Waals surface area (Å²) in [5.74, 6) is 0.776. The van der Waals surface area contributed by atoms with E-state index < -0.39 is 11.7 Å². The highest BCUT2D eigenvalue weighted by molar-refractivity contribution is 5.94. The number of ether oxygens (including phenoxy) is 1. The van der Waals surface area contributed by atoms with Crippen molar-refractivity contribution in [2.24, 2.45) is 0 Å². The predicted molar refractivity (Wildman–Crippen MR) is 96.2 cm³/mol. The lowest BCUT2D eigenvalue weighted by Gasteiger charge is -2.35. The van der Waals surface area contributed by atoms with Crippen molar-refractivity contribution in [1.29, 1.82) is 0 Å². The van der Waals surface area contributed by atoms with E-state index in [1.54, 1.807) is 31.9 Å². The van der Waals surface area contributed by atoms with Crippen molar-refractivity contribution < 1.29 is 14.3 Å². The Morgan fingerprint density at radius 3 is 2.46 bits per heavy atom. The van der Waals surface area contributed by atoms with E-state index in [0.717, 1.165) is 10.5 Å². The number of anilines is 1. The van der Waals surface area contributed by atoms with E-state index >= 15 is 0 Å². The molecule has 0 saturated carbocycles. The summed E-state index contributed by atoms with van der Waals surface area (Å²) in [7, 11) is 0. The van der Waals surface area contributed by atoms with Crippen molar-refractivity contribution in [1.82, 2.24) is 19.7 Å². The van der Waals surface area contributed by atoms with Gasteiger partial charge in [0.1, 0.15) is 11.4 Å². The number of hydrogen-bond acceptors (Lipinski definition) is 6. The maximum Gasteiger partial charge on any atom is 0.435 e. The van der Waals surface area contributed by atoms with E-state index in [2.05, 4.69) is 15.0 Å². The van der Waals surface area contributed by atoms with Crippen LogP contribution in [0.2, 0.25) is 0 Å². The topological polar surface area (TPSA) is 80.6 Å². The van der Waals surface area contributed by atoms with Crippen LogP contribution in [0.4, 0.5) is 10.6 Å². The van der Waals surface area contributed by atoms with E-state index in [0.29, 0.717) is 31.7 Å². The van der Waals surface area contributed by atoms with Gasteiger partial charge in [0.25, 0.3) is 5.91 Å². The lowest BCUT2D eigenvalue weighted by molar-refractivity contribution is 0.0514. The standard InChI is InChI=1S/C18H23N5O3/c1-18(2,3)26-17(25)23-13-14(12-20-23)16(24)22-10-8-21(9-11-22)15-6-4-5-7-19-15/h4-7,12-13H,8-11H2,1-3H3. The molecular weight excluding hydrogens is 334 g/mol. The molecule has 26 heavy (non-hydrogen) atoms. The number of aromatic nitrogens is 3. The van der Waals surface area contributed by atoms with Gasteiger partial charge in [-0.1, -0.05) is 6.07 Å². The first-order chi connectivity index (χ1) is 12.3. The highest BCUT2D eigenvalue weighted by Gasteiger charge is 2.25. The fourth-order valence-electron chi connectivity index (χ4n) is 2.70. The largest absolute Gasteiger partial charge is 0.442 e. The van der Waals surface area contributed by atoms with E-state index in [1.165, 1.54) is 12.4 Å². The molecular formula is C18H23N5O3. The van der Waals surface area contributed by atoms with Crippen LogP contribution in [0.5, 0.6) is 0 Å². The molecule has 0 atom stereocenters. The fourth-order valence-corrected chi connectivity index (χ4v) is 2.70. The summed E-state index contributed by atoms with van der Waals surface area (Å²) in [6, 6.07) is 5.79. The quantitative estimate of drug-likeness (QED) is 0.818. The van der Waals surface area contributed by atoms with Crippen molar-refractivity contribution in [2.45, 2.75) is 26.4 Å². The first-order valence-corrected chi connectivity index (χ1v) is 8.57. The summed E-state index contributed by atoms with van der Waals surface area (Å²) in [5.41, 5.74) is -0.239. The molecule has 1 aliphatic rings. The average molecular weight is 357 g/mol. The molecule has 2 aromatic rings. The van der Waals surface area contributed by atoms with Crippen LogP contribution in [0.25, 0.3) is 0 Å². The number of pyridine rings is 1. The van der Waals surface area contributed by atoms with Crippen LogP contribution in [-0.2, 0) is 4.74 Å². The van der Waals surface area contributed by atoms with Gasteiger partial charge in [-0.3, -0.25) is 4.79 Å². The van der Waals surface area contributed by atoms with E-state index in [4.69, 9.17) is 4.74 Å². The Balaban J connectivity index is 1.60. The summed E-state index contributed by atoms with van der Waals surface area (Å²) < 4.78 is 6.31. The molecule has 0 aliphatic carbocycles. The molecule has 0 aromatic carbocycles. The summed E-state index contributed by atoms with van der Waals surface area (Å²) in [6.07, 6.45) is 3.98. The van der Waals surface area contributed by atoms with Crippen LogP contribution in [0.1, 0.15) is 31.1 Å². The molecule has 8 nitrogen and oxygen atoms in total. The van der Waals surface area contributed by atoms with Gasteiger partial charge in [0.2, 0.25) is 0 Å². The second-order valence-electron chi connectivity index (χ2n) is 7.12. The number of nitrogens with zero attached hydrogens (tertiary/aromatic N) is 5. The third-order valence-electron chi connectivity index (χ3n) is 3.95. The molecule has 0 unspecified atom stereocenters. The van der Waals surface area contributed by atoms with Crippen LogP contribution < -0.4 is 4.90 Å². The lowest BCUT2D eigenvalue weighted by Crippen LogP contribution is -2.49. The SMILES string of the molecule is CC(C)(C)OC(=O)n1cc(C(=O)N2CCN(c3ccccn3)CC2)cn1. The van der Waals surface area contributed by atoms with E-state index in [9.17, 15) is 9.59 Å². The molecule has 2 aromatic heterocycles. The maximum atomic E-state index is 12.7. The number of carbonyl (C=O) groups excluding carboxylic acids is 2. The van der Waals surface area contributed by atoms with Crippen LogP contribution in [0.3, 0.4) is 0 Å². The van der Waals surface area contributed by atoms with Crippen molar-refractivity contribution in [3.05, 3.63) is 42.4 Å². The minimum absolute atomic E-state index is 0.138. The Labute approximate surface area is 152 Å². The molecule has 0 bridgehead atoms. The van der Waals surface area contributed by atoms with Crippen molar-refractivity contribution in [3.8, 4) is 0 Å². The Bertz CT molecular complexity index is 774. The van der Waals surface area contributed by atoms with Crippen molar-refractivity contribution in [2.75, 3.05) is 31.1 Å². The normalized spacial score (nSPS) is 15.0. The number of rotatable bonds is 2. The van der Waals surface area contributed by atoms with Gasteiger partial charge in [0.15, 0.2) is 0 Å². The Morgan fingerprint density at radius 1 is 1.12 bits per heavy atom. The highest BCUT2D eigenvalue weighted by Crippen LogP contribution is 2.15. The zero-order valence-corrected chi connectivity index (χ0v) is 15.3. The Morgan fingerprint density at radius 2 is 1.85 bits per heavy atom. The minimum Gasteiger partial charge on any atom is -0.442 e. The maximum absolute atomic E-state index is 12.7. The molecule has 1 amide bonds. The molecule has 3 rings (SSSR count). The lowest BCUT2D eigenvalue weighted by atomic mass is 10.2. The second-order valence-corrected chi connectivity index (χ2v) is 7.12. The third kappa shape index (κ3) is 4.19. The Hall–Kier alpha value is -2.90. The van der Waals surface area contributed by atoms with E-state index in [-0.39, 0.29) is 5.91 Å². The van der Waals surface area contributed by atoms with Crippen molar-refractivity contribution >= 4 is 17.8 Å². The highest BCUT2D eigenvalue weighted by atomic mass is 16.6. The molecule has 1 saturated heterocycles. The smallest absolute Gasteiger partial charge is 0.435 e. The average Bonchev–Trinajstić information content (AvgIpc) is 3.11. The number of piperazine rings is 1. The molecule has 0 radical (unpaired) electrons. The van der Waals surface area contributed by atoms with Crippen LogP contribution in [0.15, 0.2) is 36.8 Å². The second kappa shape index (κ2) is 7.15.